The third-order valence-corrected chi connectivity index (χ3v) is 7.31. The van der Waals surface area contributed by atoms with Crippen molar-refractivity contribution in [1.29, 1.82) is 0 Å². The van der Waals surface area contributed by atoms with E-state index in [0.717, 1.165) is 17.6 Å². The molecule has 1 spiro atoms. The number of hydrogen-bond donors (Lipinski definition) is 0. The van der Waals surface area contributed by atoms with Crippen molar-refractivity contribution in [2.45, 2.75) is 21.0 Å². The second-order valence-electron chi connectivity index (χ2n) is 5.49. The normalized spacial score (nSPS) is 25.1. The highest BCUT2D eigenvalue weighted by atomic mass is 32.2. The standard InChI is InChI=1S/C18H12N2S2/c1-2-6-13-12(5-1)17-14(11-20-13)21-16-8-3-7-15-18(16,22-17)9-4-10-19-15/h1-8,10-11H,9H2. The predicted octanol–water partition coefficient (Wildman–Crippen LogP) is 4.98. The van der Waals surface area contributed by atoms with Crippen LogP contribution in [0.15, 0.2) is 80.7 Å². The van der Waals surface area contributed by atoms with Crippen molar-refractivity contribution in [3.63, 3.8) is 0 Å². The lowest BCUT2D eigenvalue weighted by Gasteiger charge is -2.41. The van der Waals surface area contributed by atoms with Crippen LogP contribution in [-0.2, 0) is 0 Å². The Morgan fingerprint density at radius 3 is 3.14 bits per heavy atom. The molecule has 0 bridgehead atoms. The maximum atomic E-state index is 4.64. The Hall–Kier alpha value is -1.78. The van der Waals surface area contributed by atoms with Gasteiger partial charge in [-0.15, -0.1) is 11.8 Å². The first-order valence-corrected chi connectivity index (χ1v) is 8.87. The Morgan fingerprint density at radius 2 is 2.14 bits per heavy atom. The van der Waals surface area contributed by atoms with E-state index in [-0.39, 0.29) is 4.75 Å². The van der Waals surface area contributed by atoms with E-state index in [4.69, 9.17) is 0 Å². The molecule has 0 N–H and O–H groups in total. The third kappa shape index (κ3) is 1.65. The van der Waals surface area contributed by atoms with E-state index in [1.807, 2.05) is 42.0 Å². The van der Waals surface area contributed by atoms with Crippen molar-refractivity contribution in [1.82, 2.24) is 4.98 Å². The van der Waals surface area contributed by atoms with E-state index in [2.05, 4.69) is 52.5 Å². The molecule has 2 nitrogen and oxygen atoms in total. The van der Waals surface area contributed by atoms with Gasteiger partial charge in [-0.25, -0.2) is 0 Å². The fraction of sp³-hybridized carbons (Fsp3) is 0.111. The zero-order valence-corrected chi connectivity index (χ0v) is 13.3. The molecule has 1 atom stereocenters. The quantitative estimate of drug-likeness (QED) is 0.684. The van der Waals surface area contributed by atoms with Crippen LogP contribution in [0.2, 0.25) is 0 Å². The molecule has 1 aromatic heterocycles. The smallest absolute Gasteiger partial charge is 0.0972 e. The number of rotatable bonds is 0. The molecule has 106 valence electrons. The highest BCUT2D eigenvalue weighted by Gasteiger charge is 2.45. The minimum atomic E-state index is -0.0503. The molecule has 2 aliphatic heterocycles. The molecule has 0 saturated heterocycles. The molecule has 0 saturated carbocycles. The van der Waals surface area contributed by atoms with Crippen LogP contribution in [-0.4, -0.2) is 15.4 Å². The molecule has 0 amide bonds. The minimum Gasteiger partial charge on any atom is -0.260 e. The number of aromatic nitrogens is 1. The lowest BCUT2D eigenvalue weighted by Crippen LogP contribution is -2.39. The lowest BCUT2D eigenvalue weighted by molar-refractivity contribution is 0.893. The number of pyridine rings is 1. The SMILES string of the molecule is C1=CC2=NC=CCC23Sc2c(cnc4ccccc24)SC3=C1. The maximum absolute atomic E-state index is 4.64. The van der Waals surface area contributed by atoms with Crippen molar-refractivity contribution in [3.8, 4) is 0 Å². The molecule has 0 fully saturated rings. The van der Waals surface area contributed by atoms with Crippen LogP contribution in [0.1, 0.15) is 6.42 Å². The summed E-state index contributed by atoms with van der Waals surface area (Å²) in [5.41, 5.74) is 2.23. The molecular formula is C18H12N2S2. The van der Waals surface area contributed by atoms with Gasteiger partial charge in [-0.05, 0) is 18.6 Å². The number of aliphatic imine (C=N–C) groups is 1. The van der Waals surface area contributed by atoms with Gasteiger partial charge in [-0.2, -0.15) is 0 Å². The van der Waals surface area contributed by atoms with E-state index in [1.165, 1.54) is 20.1 Å². The van der Waals surface area contributed by atoms with Crippen LogP contribution in [0.4, 0.5) is 0 Å². The Balaban J connectivity index is 1.77. The second-order valence-corrected chi connectivity index (χ2v) is 7.89. The monoisotopic (exact) mass is 320 g/mol. The van der Waals surface area contributed by atoms with Crippen molar-refractivity contribution in [3.05, 3.63) is 65.9 Å². The average molecular weight is 320 g/mol. The van der Waals surface area contributed by atoms with Crippen molar-refractivity contribution >= 4 is 40.1 Å². The molecule has 3 aliphatic rings. The van der Waals surface area contributed by atoms with Crippen molar-refractivity contribution in [2.24, 2.45) is 4.99 Å². The first-order valence-electron chi connectivity index (χ1n) is 7.24. The summed E-state index contributed by atoms with van der Waals surface area (Å²) in [6, 6.07) is 8.40. The Morgan fingerprint density at radius 1 is 1.18 bits per heavy atom. The van der Waals surface area contributed by atoms with Crippen molar-refractivity contribution < 1.29 is 0 Å². The zero-order chi connectivity index (χ0) is 14.6. The number of thioether (sulfide) groups is 2. The number of benzene rings is 1. The summed E-state index contributed by atoms with van der Waals surface area (Å²) < 4.78 is -0.0503. The fourth-order valence-corrected chi connectivity index (χ4v) is 6.06. The Kier molecular flexibility index (Phi) is 2.67. The van der Waals surface area contributed by atoms with E-state index < -0.39 is 0 Å². The van der Waals surface area contributed by atoms with Gasteiger partial charge in [0, 0.05) is 32.5 Å². The zero-order valence-electron chi connectivity index (χ0n) is 11.7. The van der Waals surface area contributed by atoms with Gasteiger partial charge in [0.05, 0.1) is 16.0 Å². The Labute approximate surface area is 137 Å². The molecule has 0 radical (unpaired) electrons. The van der Waals surface area contributed by atoms with E-state index in [0.29, 0.717) is 0 Å². The van der Waals surface area contributed by atoms with Gasteiger partial charge in [-0.3, -0.25) is 9.98 Å². The highest BCUT2D eigenvalue weighted by molar-refractivity contribution is 8.10. The van der Waals surface area contributed by atoms with Crippen LogP contribution in [0.5, 0.6) is 0 Å². The minimum absolute atomic E-state index is 0.0503. The summed E-state index contributed by atoms with van der Waals surface area (Å²) in [6.45, 7) is 0. The van der Waals surface area contributed by atoms with Crippen LogP contribution in [0.25, 0.3) is 10.9 Å². The molecular weight excluding hydrogens is 308 g/mol. The molecule has 1 unspecified atom stereocenters. The van der Waals surface area contributed by atoms with Gasteiger partial charge in [0.1, 0.15) is 0 Å². The average Bonchev–Trinajstić information content (AvgIpc) is 2.58. The number of hydrogen-bond acceptors (Lipinski definition) is 4. The van der Waals surface area contributed by atoms with E-state index in [1.54, 1.807) is 0 Å². The molecule has 1 aliphatic carbocycles. The number of para-hydroxylation sites is 1. The summed E-state index contributed by atoms with van der Waals surface area (Å²) >= 11 is 3.78. The Bertz CT molecular complexity index is 924. The number of fused-ring (bicyclic) bond motifs is 3. The first-order chi connectivity index (χ1) is 10.9. The third-order valence-electron chi connectivity index (χ3n) is 4.23. The van der Waals surface area contributed by atoms with Gasteiger partial charge in [0.2, 0.25) is 0 Å². The highest BCUT2D eigenvalue weighted by Crippen LogP contribution is 2.59. The largest absolute Gasteiger partial charge is 0.260 e. The lowest BCUT2D eigenvalue weighted by atomic mass is 9.92. The van der Waals surface area contributed by atoms with Crippen LogP contribution in [0, 0.1) is 0 Å². The fourth-order valence-electron chi connectivity index (χ4n) is 3.16. The molecule has 22 heavy (non-hydrogen) atoms. The molecule has 3 heterocycles. The van der Waals surface area contributed by atoms with Gasteiger partial charge >= 0.3 is 0 Å². The predicted molar refractivity (Wildman–Crippen MR) is 94.6 cm³/mol. The number of allylic oxidation sites excluding steroid dienone is 4. The second kappa shape index (κ2) is 4.61. The van der Waals surface area contributed by atoms with Crippen LogP contribution in [0.3, 0.4) is 0 Å². The van der Waals surface area contributed by atoms with Gasteiger partial charge < -0.3 is 0 Å². The number of nitrogens with zero attached hydrogens (tertiary/aromatic N) is 2. The first kappa shape index (κ1) is 12.7. The maximum Gasteiger partial charge on any atom is 0.0972 e. The molecule has 2 aromatic rings. The van der Waals surface area contributed by atoms with Gasteiger partial charge in [0.25, 0.3) is 0 Å². The molecule has 4 heteroatoms. The molecule has 5 rings (SSSR count). The van der Waals surface area contributed by atoms with Crippen LogP contribution < -0.4 is 0 Å². The topological polar surface area (TPSA) is 25.2 Å². The molecule has 1 aromatic carbocycles. The summed E-state index contributed by atoms with van der Waals surface area (Å²) in [4.78, 5) is 13.2. The van der Waals surface area contributed by atoms with Crippen LogP contribution >= 0.6 is 23.5 Å². The van der Waals surface area contributed by atoms with Crippen molar-refractivity contribution in [2.75, 3.05) is 0 Å². The van der Waals surface area contributed by atoms with E-state index in [9.17, 15) is 0 Å². The summed E-state index contributed by atoms with van der Waals surface area (Å²) in [5, 5.41) is 1.24. The summed E-state index contributed by atoms with van der Waals surface area (Å²) in [6.07, 6.45) is 13.6. The van der Waals surface area contributed by atoms with E-state index >= 15 is 0 Å². The summed E-state index contributed by atoms with van der Waals surface area (Å²) in [5.74, 6) is 0. The summed E-state index contributed by atoms with van der Waals surface area (Å²) in [7, 11) is 0. The van der Waals surface area contributed by atoms with Gasteiger partial charge in [0.15, 0.2) is 0 Å². The van der Waals surface area contributed by atoms with Gasteiger partial charge in [-0.1, -0.05) is 48.2 Å².